The Morgan fingerprint density at radius 3 is 1.54 bits per heavy atom. The first-order valence-electron chi connectivity index (χ1n) is 22.1. The van der Waals surface area contributed by atoms with Gasteiger partial charge in [-0.15, -0.1) is 0 Å². The number of nitrogens with zero attached hydrogens (tertiary/aromatic N) is 1. The minimum absolute atomic E-state index is 0.624. The van der Waals surface area contributed by atoms with E-state index < -0.39 is 5.41 Å². The van der Waals surface area contributed by atoms with Gasteiger partial charge in [0.05, 0.1) is 11.1 Å². The topological polar surface area (TPSA) is 3.24 Å². The summed E-state index contributed by atoms with van der Waals surface area (Å²) in [5.41, 5.74) is 26.0. The van der Waals surface area contributed by atoms with Crippen LogP contribution in [0.4, 0.5) is 17.1 Å². The second-order valence-electron chi connectivity index (χ2n) is 17.1. The van der Waals surface area contributed by atoms with Gasteiger partial charge in [-0.05, 0) is 131 Å². The molecule has 0 amide bonds. The lowest BCUT2D eigenvalue weighted by molar-refractivity contribution is 0.775. The first-order valence-corrected chi connectivity index (χ1v) is 22.1. The summed E-state index contributed by atoms with van der Waals surface area (Å²) in [7, 11) is 0. The molecule has 0 bridgehead atoms. The van der Waals surface area contributed by atoms with Gasteiger partial charge in [0.1, 0.15) is 0 Å². The molecule has 1 heteroatoms. The molecular weight excluding hydrogens is 759 g/mol. The van der Waals surface area contributed by atoms with Gasteiger partial charge in [0.25, 0.3) is 0 Å². The number of rotatable bonds is 5. The Morgan fingerprint density at radius 2 is 0.810 bits per heavy atom. The van der Waals surface area contributed by atoms with E-state index in [1.54, 1.807) is 0 Å². The zero-order valence-corrected chi connectivity index (χ0v) is 34.7. The summed E-state index contributed by atoms with van der Waals surface area (Å²) in [4.78, 5) is 2.48. The van der Waals surface area contributed by atoms with E-state index in [0.717, 1.165) is 23.5 Å². The summed E-state index contributed by atoms with van der Waals surface area (Å²) in [6, 6.07) is 88.3. The van der Waals surface area contributed by atoms with Gasteiger partial charge in [0.2, 0.25) is 0 Å². The van der Waals surface area contributed by atoms with Crippen LogP contribution in [0, 0.1) is 0 Å². The molecule has 0 radical (unpaired) electrons. The van der Waals surface area contributed by atoms with Crippen molar-refractivity contribution in [2.45, 2.75) is 11.8 Å². The van der Waals surface area contributed by atoms with Crippen LogP contribution in [-0.2, 0) is 11.8 Å². The van der Waals surface area contributed by atoms with E-state index in [0.29, 0.717) is 0 Å². The third-order valence-electron chi connectivity index (χ3n) is 13.9. The van der Waals surface area contributed by atoms with Gasteiger partial charge in [0.15, 0.2) is 0 Å². The molecule has 0 fully saturated rings. The van der Waals surface area contributed by atoms with E-state index >= 15 is 0 Å². The number of benzene rings is 10. The first-order chi connectivity index (χ1) is 31.3. The lowest BCUT2D eigenvalue weighted by Gasteiger charge is -2.37. The summed E-state index contributed by atoms with van der Waals surface area (Å²) in [6.45, 7) is 0. The summed E-state index contributed by atoms with van der Waals surface area (Å²) in [6.07, 6.45) is 0.954. The largest absolute Gasteiger partial charge is 0.310 e. The minimum Gasteiger partial charge on any atom is -0.310 e. The maximum Gasteiger partial charge on any atom is 0.0726 e. The average molecular weight is 800 g/mol. The zero-order chi connectivity index (χ0) is 41.5. The van der Waals surface area contributed by atoms with Crippen molar-refractivity contribution in [3.05, 3.63) is 270 Å². The Morgan fingerprint density at radius 1 is 0.286 bits per heavy atom. The fraction of sp³-hybridized carbons (Fsp3) is 0.0323. The summed E-state index contributed by atoms with van der Waals surface area (Å²) in [5.74, 6) is 0. The molecule has 0 aliphatic heterocycles. The van der Waals surface area contributed by atoms with Crippen LogP contribution < -0.4 is 4.90 Å². The van der Waals surface area contributed by atoms with E-state index in [9.17, 15) is 0 Å². The van der Waals surface area contributed by atoms with Gasteiger partial charge in [-0.25, -0.2) is 0 Å². The van der Waals surface area contributed by atoms with Gasteiger partial charge in [-0.2, -0.15) is 0 Å². The third-order valence-corrected chi connectivity index (χ3v) is 13.9. The van der Waals surface area contributed by atoms with Crippen LogP contribution in [0.15, 0.2) is 237 Å². The second-order valence-corrected chi connectivity index (χ2v) is 17.1. The van der Waals surface area contributed by atoms with Crippen molar-refractivity contribution in [1.29, 1.82) is 0 Å². The van der Waals surface area contributed by atoms with Gasteiger partial charge in [-0.1, -0.05) is 206 Å². The van der Waals surface area contributed by atoms with E-state index in [-0.39, 0.29) is 0 Å². The molecule has 0 saturated carbocycles. The molecule has 3 aliphatic rings. The van der Waals surface area contributed by atoms with E-state index in [1.807, 2.05) is 0 Å². The van der Waals surface area contributed by atoms with Crippen molar-refractivity contribution in [2.75, 3.05) is 4.90 Å². The summed E-state index contributed by atoms with van der Waals surface area (Å²) < 4.78 is 0. The normalized spacial score (nSPS) is 14.7. The molecule has 0 aromatic heterocycles. The highest BCUT2D eigenvalue weighted by atomic mass is 15.1. The van der Waals surface area contributed by atoms with Crippen LogP contribution in [0.3, 0.4) is 0 Å². The number of hydrogen-bond acceptors (Lipinski definition) is 1. The number of anilines is 3. The van der Waals surface area contributed by atoms with E-state index in [1.165, 1.54) is 100 Å². The molecule has 1 nitrogen and oxygen atoms in total. The highest BCUT2D eigenvalue weighted by Crippen LogP contribution is 2.64. The van der Waals surface area contributed by atoms with Gasteiger partial charge >= 0.3 is 0 Å². The maximum atomic E-state index is 2.54. The van der Waals surface area contributed by atoms with Crippen molar-refractivity contribution in [3.8, 4) is 66.8 Å². The van der Waals surface area contributed by atoms with Gasteiger partial charge in [-0.3, -0.25) is 0 Å². The third kappa shape index (κ3) is 5.24. The summed E-state index contributed by atoms with van der Waals surface area (Å²) in [5, 5.41) is 0. The number of para-hydroxylation sites is 1. The molecule has 13 rings (SSSR count). The maximum absolute atomic E-state index is 2.54. The molecule has 294 valence electrons. The predicted octanol–water partition coefficient (Wildman–Crippen LogP) is 16.1. The van der Waals surface area contributed by atoms with E-state index in [4.69, 9.17) is 0 Å². The van der Waals surface area contributed by atoms with E-state index in [2.05, 4.69) is 241 Å². The second kappa shape index (κ2) is 14.0. The van der Waals surface area contributed by atoms with Crippen LogP contribution in [0.5, 0.6) is 0 Å². The Kier molecular flexibility index (Phi) is 7.95. The lowest BCUT2D eigenvalue weighted by atomic mass is 9.65. The molecule has 0 N–H and O–H groups in total. The van der Waals surface area contributed by atoms with Crippen molar-refractivity contribution in [3.63, 3.8) is 0 Å². The van der Waals surface area contributed by atoms with Crippen LogP contribution in [0.1, 0.15) is 33.4 Å². The molecule has 10 aromatic carbocycles. The highest BCUT2D eigenvalue weighted by Gasteiger charge is 2.51. The zero-order valence-electron chi connectivity index (χ0n) is 34.7. The number of hydrogen-bond donors (Lipinski definition) is 0. The van der Waals surface area contributed by atoms with Crippen molar-refractivity contribution in [1.82, 2.24) is 0 Å². The van der Waals surface area contributed by atoms with Crippen LogP contribution in [-0.4, -0.2) is 0 Å². The monoisotopic (exact) mass is 799 g/mol. The van der Waals surface area contributed by atoms with Crippen molar-refractivity contribution in [2.24, 2.45) is 0 Å². The average Bonchev–Trinajstić information content (AvgIpc) is 3.85. The molecule has 0 heterocycles. The standard InChI is InChI=1S/C62H41N/c1-3-17-41(18-4-1)42-31-34-46(35-32-42)63(59-30-16-13-22-48(59)43-19-5-2-6-20-43)47-36-37-53-51-25-10-9-24-50(51)52-26-11-14-28-55(52)62(58(53)40-47)56-29-15-12-27-54(56)61-57(62)38-33-45-39-44-21-7-8-23-49(44)60(45)61/h1-38,40H,39H2. The highest BCUT2D eigenvalue weighted by molar-refractivity contribution is 6.03. The molecule has 0 saturated heterocycles. The first kappa shape index (κ1) is 35.7. The Labute approximate surface area is 368 Å². The number of fused-ring (bicyclic) bond motifs is 16. The van der Waals surface area contributed by atoms with Gasteiger partial charge < -0.3 is 4.90 Å². The van der Waals surface area contributed by atoms with Crippen LogP contribution >= 0.6 is 0 Å². The van der Waals surface area contributed by atoms with Gasteiger partial charge in [0, 0.05) is 16.9 Å². The quantitative estimate of drug-likeness (QED) is 0.168. The molecule has 10 aromatic rings. The Bertz CT molecular complexity index is 3420. The lowest BCUT2D eigenvalue weighted by Crippen LogP contribution is -2.29. The van der Waals surface area contributed by atoms with Crippen LogP contribution in [0.25, 0.3) is 66.8 Å². The van der Waals surface area contributed by atoms with Crippen LogP contribution in [0.2, 0.25) is 0 Å². The molecular formula is C62H41N. The van der Waals surface area contributed by atoms with Crippen molar-refractivity contribution >= 4 is 17.1 Å². The molecule has 63 heavy (non-hydrogen) atoms. The van der Waals surface area contributed by atoms with Crippen molar-refractivity contribution < 1.29 is 0 Å². The Hall–Kier alpha value is -8.00. The molecule has 1 unspecified atom stereocenters. The molecule has 3 aliphatic carbocycles. The Balaban J connectivity index is 1.14. The minimum atomic E-state index is -0.624. The SMILES string of the molecule is c1ccc(-c2ccc(N(c3ccc4c(c3)C3(c5ccccc5-c5ccccc5-4)c4ccccc4-c4c3ccc3c4-c4ccccc4C3)c3ccccc3-c3ccccc3)cc2)cc1. The smallest absolute Gasteiger partial charge is 0.0726 e. The molecule has 1 atom stereocenters. The molecule has 1 spiro atoms. The fourth-order valence-electron chi connectivity index (χ4n) is 11.3. The predicted molar refractivity (Wildman–Crippen MR) is 262 cm³/mol. The fourth-order valence-corrected chi connectivity index (χ4v) is 11.3. The summed E-state index contributed by atoms with van der Waals surface area (Å²) >= 11 is 0.